The Labute approximate surface area is 87.8 Å². The first-order valence-corrected chi connectivity index (χ1v) is 8.62. The van der Waals surface area contributed by atoms with Gasteiger partial charge in [0.1, 0.15) is 8.24 Å². The van der Waals surface area contributed by atoms with Gasteiger partial charge in [0.25, 0.3) is 0 Å². The Morgan fingerprint density at radius 3 is 2.21 bits per heavy atom. The first-order valence-electron chi connectivity index (χ1n) is 5.12. The molecule has 0 unspecified atom stereocenters. The first-order chi connectivity index (χ1) is 6.58. The van der Waals surface area contributed by atoms with Crippen LogP contribution in [0.1, 0.15) is 0 Å². The van der Waals surface area contributed by atoms with E-state index in [9.17, 15) is 0 Å². The van der Waals surface area contributed by atoms with Crippen LogP contribution in [0.4, 0.5) is 5.69 Å². The van der Waals surface area contributed by atoms with E-state index in [1.807, 2.05) is 18.2 Å². The van der Waals surface area contributed by atoms with E-state index in [1.54, 1.807) is 0 Å². The maximum Gasteiger partial charge on any atom is 0.116 e. The minimum Gasteiger partial charge on any atom is -0.384 e. The van der Waals surface area contributed by atoms with Crippen LogP contribution in [0.5, 0.6) is 0 Å². The van der Waals surface area contributed by atoms with Crippen molar-refractivity contribution < 1.29 is 0 Å². The fraction of sp³-hybridized carbons (Fsp3) is 0.455. The van der Waals surface area contributed by atoms with Crippen LogP contribution in [0.3, 0.4) is 0 Å². The minimum atomic E-state index is -1.09. The predicted molar refractivity (Wildman–Crippen MR) is 66.3 cm³/mol. The van der Waals surface area contributed by atoms with Crippen molar-refractivity contribution in [2.75, 3.05) is 18.4 Å². The topological polar surface area (TPSA) is 24.1 Å². The van der Waals surface area contributed by atoms with Crippen molar-refractivity contribution >= 4 is 13.9 Å². The van der Waals surface area contributed by atoms with Gasteiger partial charge in [-0.1, -0.05) is 37.8 Å². The van der Waals surface area contributed by atoms with Crippen LogP contribution in [0.2, 0.25) is 19.6 Å². The molecular formula is C11H20N2Si. The number of rotatable bonds is 5. The van der Waals surface area contributed by atoms with Crippen LogP contribution in [0, 0.1) is 0 Å². The highest BCUT2D eigenvalue weighted by Gasteiger charge is 2.10. The van der Waals surface area contributed by atoms with E-state index in [0.29, 0.717) is 0 Å². The Kier molecular flexibility index (Phi) is 4.16. The third kappa shape index (κ3) is 5.04. The third-order valence-corrected chi connectivity index (χ3v) is 3.19. The van der Waals surface area contributed by atoms with Gasteiger partial charge in [-0.15, -0.1) is 0 Å². The smallest absolute Gasteiger partial charge is 0.116 e. The Morgan fingerprint density at radius 1 is 1.00 bits per heavy atom. The summed E-state index contributed by atoms with van der Waals surface area (Å²) in [5.74, 6) is 0. The quantitative estimate of drug-likeness (QED) is 0.574. The van der Waals surface area contributed by atoms with Gasteiger partial charge in [-0.25, -0.2) is 0 Å². The SMILES string of the molecule is C[Si](C)(C)NCCNc1ccccc1. The van der Waals surface area contributed by atoms with Crippen molar-refractivity contribution in [1.29, 1.82) is 0 Å². The number of nitrogens with one attached hydrogen (secondary N) is 2. The van der Waals surface area contributed by atoms with E-state index in [1.165, 1.54) is 5.69 Å². The maximum atomic E-state index is 3.57. The van der Waals surface area contributed by atoms with Crippen molar-refractivity contribution in [3.05, 3.63) is 30.3 Å². The molecule has 1 aromatic carbocycles. The van der Waals surface area contributed by atoms with Crippen molar-refractivity contribution in [2.45, 2.75) is 19.6 Å². The molecule has 2 N–H and O–H groups in total. The lowest BCUT2D eigenvalue weighted by molar-refractivity contribution is 0.907. The van der Waals surface area contributed by atoms with E-state index in [-0.39, 0.29) is 0 Å². The lowest BCUT2D eigenvalue weighted by Crippen LogP contribution is -2.43. The van der Waals surface area contributed by atoms with Crippen LogP contribution in [-0.4, -0.2) is 21.3 Å². The van der Waals surface area contributed by atoms with Gasteiger partial charge >= 0.3 is 0 Å². The van der Waals surface area contributed by atoms with Gasteiger partial charge in [-0.05, 0) is 12.1 Å². The highest BCUT2D eigenvalue weighted by atomic mass is 28.3. The molecule has 1 rings (SSSR count). The summed E-state index contributed by atoms with van der Waals surface area (Å²) in [6, 6.07) is 10.3. The molecule has 2 nitrogen and oxygen atoms in total. The summed E-state index contributed by atoms with van der Waals surface area (Å²) in [5, 5.41) is 3.38. The molecular weight excluding hydrogens is 188 g/mol. The van der Waals surface area contributed by atoms with Gasteiger partial charge in [0.2, 0.25) is 0 Å². The number of para-hydroxylation sites is 1. The molecule has 78 valence electrons. The van der Waals surface area contributed by atoms with Crippen molar-refractivity contribution in [3.63, 3.8) is 0 Å². The zero-order valence-corrected chi connectivity index (χ0v) is 10.3. The lowest BCUT2D eigenvalue weighted by atomic mass is 10.3. The summed E-state index contributed by atoms with van der Waals surface area (Å²) < 4.78 is 0. The molecule has 0 saturated carbocycles. The molecule has 0 aliphatic rings. The molecule has 0 spiro atoms. The molecule has 0 aliphatic carbocycles. The second-order valence-electron chi connectivity index (χ2n) is 4.47. The Hall–Kier alpha value is -0.803. The molecule has 0 aromatic heterocycles. The maximum absolute atomic E-state index is 3.57. The average molecular weight is 208 g/mol. The fourth-order valence-electron chi connectivity index (χ4n) is 1.20. The minimum absolute atomic E-state index is 0.994. The fourth-order valence-corrected chi connectivity index (χ4v) is 2.08. The van der Waals surface area contributed by atoms with E-state index in [2.05, 4.69) is 42.1 Å². The van der Waals surface area contributed by atoms with Gasteiger partial charge in [-0.2, -0.15) is 0 Å². The summed E-state index contributed by atoms with van der Waals surface area (Å²) in [7, 11) is -1.09. The average Bonchev–Trinajstić information content (AvgIpc) is 2.13. The molecule has 0 aliphatic heterocycles. The summed E-state index contributed by atoms with van der Waals surface area (Å²) in [6.07, 6.45) is 0. The van der Waals surface area contributed by atoms with E-state index < -0.39 is 8.24 Å². The molecule has 0 saturated heterocycles. The molecule has 0 bridgehead atoms. The van der Waals surface area contributed by atoms with Gasteiger partial charge < -0.3 is 10.3 Å². The molecule has 3 heteroatoms. The monoisotopic (exact) mass is 208 g/mol. The Morgan fingerprint density at radius 2 is 1.64 bits per heavy atom. The highest BCUT2D eigenvalue weighted by molar-refractivity contribution is 6.73. The molecule has 14 heavy (non-hydrogen) atoms. The summed E-state index contributed by atoms with van der Waals surface area (Å²) in [4.78, 5) is 3.57. The van der Waals surface area contributed by atoms with Crippen molar-refractivity contribution in [1.82, 2.24) is 4.98 Å². The van der Waals surface area contributed by atoms with Crippen LogP contribution < -0.4 is 10.3 Å². The third-order valence-electron chi connectivity index (χ3n) is 1.88. The van der Waals surface area contributed by atoms with Gasteiger partial charge in [0.15, 0.2) is 0 Å². The molecule has 0 radical (unpaired) electrons. The summed E-state index contributed by atoms with van der Waals surface area (Å²) >= 11 is 0. The molecule has 0 heterocycles. The Balaban J connectivity index is 2.17. The molecule has 1 aromatic rings. The van der Waals surface area contributed by atoms with E-state index in [4.69, 9.17) is 0 Å². The van der Waals surface area contributed by atoms with Gasteiger partial charge in [-0.3, -0.25) is 0 Å². The molecule has 0 fully saturated rings. The molecule has 0 amide bonds. The van der Waals surface area contributed by atoms with E-state index in [0.717, 1.165) is 13.1 Å². The highest BCUT2D eigenvalue weighted by Crippen LogP contribution is 2.03. The first kappa shape index (κ1) is 11.3. The van der Waals surface area contributed by atoms with Crippen LogP contribution in [0.15, 0.2) is 30.3 Å². The van der Waals surface area contributed by atoms with Gasteiger partial charge in [0.05, 0.1) is 0 Å². The predicted octanol–water partition coefficient (Wildman–Crippen LogP) is 2.52. The van der Waals surface area contributed by atoms with Crippen LogP contribution in [-0.2, 0) is 0 Å². The zero-order valence-electron chi connectivity index (χ0n) is 9.30. The van der Waals surface area contributed by atoms with Crippen LogP contribution in [0.25, 0.3) is 0 Å². The zero-order chi connectivity index (χ0) is 10.4. The summed E-state index contributed by atoms with van der Waals surface area (Å²) in [6.45, 7) is 8.99. The second kappa shape index (κ2) is 5.17. The van der Waals surface area contributed by atoms with E-state index >= 15 is 0 Å². The second-order valence-corrected chi connectivity index (χ2v) is 9.32. The van der Waals surface area contributed by atoms with Crippen molar-refractivity contribution in [2.24, 2.45) is 0 Å². The van der Waals surface area contributed by atoms with Crippen molar-refractivity contribution in [3.8, 4) is 0 Å². The Bertz CT molecular complexity index is 254. The summed E-state index contributed by atoms with van der Waals surface area (Å²) in [5.41, 5.74) is 1.20. The van der Waals surface area contributed by atoms with Crippen LogP contribution >= 0.6 is 0 Å². The number of hydrogen-bond acceptors (Lipinski definition) is 2. The molecule has 0 atom stereocenters. The lowest BCUT2D eigenvalue weighted by Gasteiger charge is -2.18. The number of benzene rings is 1. The number of anilines is 1. The number of hydrogen-bond donors (Lipinski definition) is 2. The van der Waals surface area contributed by atoms with Gasteiger partial charge in [0, 0.05) is 18.8 Å². The standard InChI is InChI=1S/C11H20N2Si/c1-14(2,3)13-10-9-12-11-7-5-4-6-8-11/h4-8,12-13H,9-10H2,1-3H3. The normalized spacial score (nSPS) is 11.4. The largest absolute Gasteiger partial charge is 0.384 e.